The molecular weight excluding hydrogens is 394 g/mol. The average Bonchev–Trinajstić information content (AvgIpc) is 2.65. The fourth-order valence-electron chi connectivity index (χ4n) is 2.88. The highest BCUT2D eigenvalue weighted by atomic mass is 79.9. The van der Waals surface area contributed by atoms with E-state index in [1.54, 1.807) is 14.2 Å². The summed E-state index contributed by atoms with van der Waals surface area (Å²) in [6.07, 6.45) is 0. The fraction of sp³-hybridized carbons (Fsp3) is 0.300. The van der Waals surface area contributed by atoms with Crippen LogP contribution in [0.1, 0.15) is 31.0 Å². The Morgan fingerprint density at radius 3 is 2.50 bits per heavy atom. The number of rotatable bonds is 6. The lowest BCUT2D eigenvalue weighted by atomic mass is 10.0. The molecule has 0 fully saturated rings. The van der Waals surface area contributed by atoms with E-state index < -0.39 is 0 Å². The first kappa shape index (κ1) is 18.5. The van der Waals surface area contributed by atoms with Crippen LogP contribution in [0.5, 0.6) is 11.5 Å². The smallest absolute Gasteiger partial charge is 0.156 e. The number of anilines is 1. The van der Waals surface area contributed by atoms with Gasteiger partial charge in [-0.05, 0) is 36.2 Å². The molecule has 0 aliphatic carbocycles. The molecule has 0 unspecified atom stereocenters. The van der Waals surface area contributed by atoms with Crippen LogP contribution in [0, 0.1) is 0 Å². The lowest BCUT2D eigenvalue weighted by Gasteiger charge is -2.14. The summed E-state index contributed by atoms with van der Waals surface area (Å²) in [6, 6.07) is 12.0. The minimum Gasteiger partial charge on any atom is -0.497 e. The minimum absolute atomic E-state index is 0.301. The van der Waals surface area contributed by atoms with Gasteiger partial charge in [-0.2, -0.15) is 5.10 Å². The molecular formula is C20H22BrN3O2. The third-order valence-electron chi connectivity index (χ3n) is 4.26. The Morgan fingerprint density at radius 2 is 1.81 bits per heavy atom. The Balaban J connectivity index is 1.94. The molecule has 6 heteroatoms. The van der Waals surface area contributed by atoms with Gasteiger partial charge in [0.2, 0.25) is 0 Å². The summed E-state index contributed by atoms with van der Waals surface area (Å²) in [5, 5.41) is 14.4. The van der Waals surface area contributed by atoms with Crippen molar-refractivity contribution < 1.29 is 9.47 Å². The number of nitrogens with zero attached hydrogens (tertiary/aromatic N) is 2. The van der Waals surface area contributed by atoms with Crippen LogP contribution < -0.4 is 14.8 Å². The molecule has 26 heavy (non-hydrogen) atoms. The largest absolute Gasteiger partial charge is 0.497 e. The third-order valence-corrected chi connectivity index (χ3v) is 4.75. The van der Waals surface area contributed by atoms with Gasteiger partial charge in [-0.1, -0.05) is 29.8 Å². The molecule has 5 nitrogen and oxygen atoms in total. The van der Waals surface area contributed by atoms with E-state index in [-0.39, 0.29) is 0 Å². The molecule has 2 aromatic carbocycles. The van der Waals surface area contributed by atoms with Gasteiger partial charge in [0.15, 0.2) is 5.82 Å². The second-order valence-corrected chi connectivity index (χ2v) is 7.23. The molecule has 1 N–H and O–H groups in total. The molecule has 1 aromatic heterocycles. The van der Waals surface area contributed by atoms with Crippen LogP contribution in [0.4, 0.5) is 5.82 Å². The highest BCUT2D eigenvalue weighted by Gasteiger charge is 2.13. The lowest BCUT2D eigenvalue weighted by Crippen LogP contribution is -2.07. The highest BCUT2D eigenvalue weighted by molar-refractivity contribution is 9.10. The number of methoxy groups -OCH3 is 2. The Hall–Kier alpha value is -2.34. The van der Waals surface area contributed by atoms with E-state index in [1.807, 2.05) is 24.3 Å². The van der Waals surface area contributed by atoms with Gasteiger partial charge >= 0.3 is 0 Å². The van der Waals surface area contributed by atoms with Crippen molar-refractivity contribution in [2.24, 2.45) is 0 Å². The second kappa shape index (κ2) is 7.91. The van der Waals surface area contributed by atoms with Crippen molar-refractivity contribution in [3.8, 4) is 11.5 Å². The Bertz CT molecular complexity index is 928. The minimum atomic E-state index is 0.301. The standard InChI is InChI=1S/C20H22BrN3O2/c1-12(2)19-17-9-14(21)6-8-16(17)20(24-23-19)22-11-13-5-7-15(25-3)10-18(13)26-4/h5-10,12H,11H2,1-4H3,(H,22,24). The molecule has 136 valence electrons. The number of benzene rings is 2. The first-order chi connectivity index (χ1) is 12.5. The Morgan fingerprint density at radius 1 is 1.00 bits per heavy atom. The third kappa shape index (κ3) is 3.75. The number of ether oxygens (including phenoxy) is 2. The van der Waals surface area contributed by atoms with Crippen LogP contribution in [0.2, 0.25) is 0 Å². The molecule has 0 aliphatic heterocycles. The zero-order chi connectivity index (χ0) is 18.7. The van der Waals surface area contributed by atoms with Gasteiger partial charge in [-0.3, -0.25) is 0 Å². The molecule has 0 atom stereocenters. The SMILES string of the molecule is COc1ccc(CNc2nnc(C(C)C)c3cc(Br)ccc23)c(OC)c1. The molecule has 0 saturated heterocycles. The van der Waals surface area contributed by atoms with Gasteiger partial charge < -0.3 is 14.8 Å². The van der Waals surface area contributed by atoms with Crippen LogP contribution in [0.15, 0.2) is 40.9 Å². The van der Waals surface area contributed by atoms with E-state index in [0.29, 0.717) is 12.5 Å². The topological polar surface area (TPSA) is 56.3 Å². The number of hydrogen-bond acceptors (Lipinski definition) is 5. The van der Waals surface area contributed by atoms with Gasteiger partial charge in [0.1, 0.15) is 11.5 Å². The zero-order valence-corrected chi connectivity index (χ0v) is 16.9. The quantitative estimate of drug-likeness (QED) is 0.603. The first-order valence-corrected chi connectivity index (χ1v) is 9.23. The van der Waals surface area contributed by atoms with Crippen molar-refractivity contribution in [3.05, 3.63) is 52.1 Å². The van der Waals surface area contributed by atoms with Gasteiger partial charge in [0, 0.05) is 33.4 Å². The summed E-state index contributed by atoms with van der Waals surface area (Å²) in [6.45, 7) is 4.83. The monoisotopic (exact) mass is 415 g/mol. The molecule has 0 aliphatic rings. The summed E-state index contributed by atoms with van der Waals surface area (Å²) in [7, 11) is 3.30. The fourth-order valence-corrected chi connectivity index (χ4v) is 3.24. The predicted octanol–water partition coefficient (Wildman–Crippen LogP) is 5.15. The number of halogens is 1. The molecule has 0 amide bonds. The maximum absolute atomic E-state index is 5.47. The van der Waals surface area contributed by atoms with Crippen molar-refractivity contribution in [3.63, 3.8) is 0 Å². The molecule has 1 heterocycles. The second-order valence-electron chi connectivity index (χ2n) is 6.31. The van der Waals surface area contributed by atoms with E-state index in [1.165, 1.54) is 0 Å². The summed E-state index contributed by atoms with van der Waals surface area (Å²) in [5.41, 5.74) is 2.02. The lowest BCUT2D eigenvalue weighted by molar-refractivity contribution is 0.391. The van der Waals surface area contributed by atoms with Crippen LogP contribution in [0.25, 0.3) is 10.8 Å². The van der Waals surface area contributed by atoms with Crippen molar-refractivity contribution in [2.75, 3.05) is 19.5 Å². The number of aromatic nitrogens is 2. The molecule has 0 spiro atoms. The highest BCUT2D eigenvalue weighted by Crippen LogP contribution is 2.31. The van der Waals surface area contributed by atoms with E-state index in [9.17, 15) is 0 Å². The van der Waals surface area contributed by atoms with Crippen LogP contribution in [0.3, 0.4) is 0 Å². The first-order valence-electron chi connectivity index (χ1n) is 8.44. The summed E-state index contributed by atoms with van der Waals surface area (Å²) >= 11 is 3.55. The summed E-state index contributed by atoms with van der Waals surface area (Å²) < 4.78 is 11.7. The predicted molar refractivity (Wildman–Crippen MR) is 108 cm³/mol. The average molecular weight is 416 g/mol. The number of fused-ring (bicyclic) bond motifs is 1. The molecule has 3 aromatic rings. The Labute approximate surface area is 161 Å². The van der Waals surface area contributed by atoms with Crippen LogP contribution >= 0.6 is 15.9 Å². The maximum atomic E-state index is 5.47. The Kier molecular flexibility index (Phi) is 5.61. The van der Waals surface area contributed by atoms with E-state index >= 15 is 0 Å². The van der Waals surface area contributed by atoms with Gasteiger partial charge in [-0.15, -0.1) is 5.10 Å². The molecule has 0 radical (unpaired) electrons. The zero-order valence-electron chi connectivity index (χ0n) is 15.3. The van der Waals surface area contributed by atoms with Crippen LogP contribution in [-0.4, -0.2) is 24.4 Å². The molecule has 0 saturated carbocycles. The maximum Gasteiger partial charge on any atom is 0.156 e. The summed E-state index contributed by atoms with van der Waals surface area (Å²) in [4.78, 5) is 0. The van der Waals surface area contributed by atoms with Gasteiger partial charge in [-0.25, -0.2) is 0 Å². The van der Waals surface area contributed by atoms with Gasteiger partial charge in [0.25, 0.3) is 0 Å². The number of nitrogens with one attached hydrogen (secondary N) is 1. The van der Waals surface area contributed by atoms with Crippen molar-refractivity contribution in [2.45, 2.75) is 26.3 Å². The van der Waals surface area contributed by atoms with Crippen molar-refractivity contribution in [1.82, 2.24) is 10.2 Å². The van der Waals surface area contributed by atoms with E-state index in [2.05, 4.69) is 57.4 Å². The van der Waals surface area contributed by atoms with Crippen LogP contribution in [-0.2, 0) is 6.54 Å². The van der Waals surface area contributed by atoms with E-state index in [4.69, 9.17) is 9.47 Å². The van der Waals surface area contributed by atoms with E-state index in [0.717, 1.165) is 43.8 Å². The molecule has 0 bridgehead atoms. The van der Waals surface area contributed by atoms with Gasteiger partial charge in [0.05, 0.1) is 19.9 Å². The summed E-state index contributed by atoms with van der Waals surface area (Å²) in [5.74, 6) is 2.60. The number of hydrogen-bond donors (Lipinski definition) is 1. The van der Waals surface area contributed by atoms with Crippen molar-refractivity contribution >= 4 is 32.5 Å². The van der Waals surface area contributed by atoms with Crippen molar-refractivity contribution in [1.29, 1.82) is 0 Å². The molecule has 3 rings (SSSR count). The normalized spacial score (nSPS) is 11.0.